The summed E-state index contributed by atoms with van der Waals surface area (Å²) in [5, 5.41) is 2.17. The first kappa shape index (κ1) is 14.7. The molecule has 0 saturated carbocycles. The Morgan fingerprint density at radius 2 is 2.24 bits per heavy atom. The van der Waals surface area contributed by atoms with Crippen molar-refractivity contribution >= 4 is 11.3 Å². The smallest absolute Gasteiger partial charge is 0.126 e. The highest BCUT2D eigenvalue weighted by molar-refractivity contribution is 7.10. The molecule has 0 aliphatic carbocycles. The fraction of sp³-hybridized carbons (Fsp3) is 0.412. The molecule has 1 aliphatic heterocycles. The molecule has 2 aromatic rings. The second-order valence-corrected chi connectivity index (χ2v) is 6.72. The molecule has 0 radical (unpaired) electrons. The quantitative estimate of drug-likeness (QED) is 0.934. The Hall–Kier alpha value is -1.23. The molecule has 0 fully saturated rings. The standard InChI is InChI=1S/C17H21FN2S/c1-11-9-13(3-4-15(11)18)16(10-19)20-7-5-17-14(12(20)2)6-8-21-17/h3-4,6,8-9,12,16H,5,7,10,19H2,1-2H3. The number of nitrogens with two attached hydrogens (primary N) is 1. The van der Waals surface area contributed by atoms with Gasteiger partial charge < -0.3 is 5.73 Å². The maximum atomic E-state index is 13.5. The molecule has 2 nitrogen and oxygen atoms in total. The third kappa shape index (κ3) is 2.63. The van der Waals surface area contributed by atoms with E-state index in [0.29, 0.717) is 18.2 Å². The van der Waals surface area contributed by atoms with Gasteiger partial charge in [0.2, 0.25) is 0 Å². The van der Waals surface area contributed by atoms with E-state index in [2.05, 4.69) is 23.3 Å². The average Bonchev–Trinajstić information content (AvgIpc) is 2.95. The van der Waals surface area contributed by atoms with Gasteiger partial charge >= 0.3 is 0 Å². The van der Waals surface area contributed by atoms with Crippen LogP contribution in [0.1, 0.15) is 40.6 Å². The van der Waals surface area contributed by atoms with Gasteiger partial charge in [-0.15, -0.1) is 11.3 Å². The van der Waals surface area contributed by atoms with Crippen LogP contribution in [-0.4, -0.2) is 18.0 Å². The fourth-order valence-electron chi connectivity index (χ4n) is 3.29. The summed E-state index contributed by atoms with van der Waals surface area (Å²) in [5.41, 5.74) is 9.27. The van der Waals surface area contributed by atoms with Crippen molar-refractivity contribution in [3.63, 3.8) is 0 Å². The summed E-state index contributed by atoms with van der Waals surface area (Å²) in [4.78, 5) is 3.94. The van der Waals surface area contributed by atoms with Crippen LogP contribution < -0.4 is 5.73 Å². The molecular weight excluding hydrogens is 283 g/mol. The first-order valence-corrected chi connectivity index (χ1v) is 8.28. The number of aryl methyl sites for hydroxylation is 1. The summed E-state index contributed by atoms with van der Waals surface area (Å²) in [6.45, 7) is 5.61. The van der Waals surface area contributed by atoms with Gasteiger partial charge in [0.05, 0.1) is 0 Å². The summed E-state index contributed by atoms with van der Waals surface area (Å²) in [6, 6.07) is 8.09. The first-order valence-electron chi connectivity index (χ1n) is 7.40. The zero-order chi connectivity index (χ0) is 15.0. The Morgan fingerprint density at radius 1 is 1.43 bits per heavy atom. The lowest BCUT2D eigenvalue weighted by Crippen LogP contribution is -2.39. The molecule has 3 rings (SSSR count). The van der Waals surface area contributed by atoms with E-state index in [1.54, 1.807) is 6.07 Å². The number of rotatable bonds is 3. The monoisotopic (exact) mass is 304 g/mol. The Bertz CT molecular complexity index is 637. The lowest BCUT2D eigenvalue weighted by Gasteiger charge is -2.39. The van der Waals surface area contributed by atoms with Gasteiger partial charge in [0.15, 0.2) is 0 Å². The van der Waals surface area contributed by atoms with Crippen molar-refractivity contribution in [1.82, 2.24) is 4.90 Å². The van der Waals surface area contributed by atoms with Crippen molar-refractivity contribution in [1.29, 1.82) is 0 Å². The number of halogens is 1. The van der Waals surface area contributed by atoms with E-state index in [1.165, 1.54) is 10.4 Å². The third-order valence-electron chi connectivity index (χ3n) is 4.51. The Morgan fingerprint density at radius 3 is 2.95 bits per heavy atom. The van der Waals surface area contributed by atoms with E-state index in [0.717, 1.165) is 18.5 Å². The highest BCUT2D eigenvalue weighted by Crippen LogP contribution is 2.37. The van der Waals surface area contributed by atoms with Crippen LogP contribution in [0.5, 0.6) is 0 Å². The van der Waals surface area contributed by atoms with Crippen LogP contribution in [0.15, 0.2) is 29.6 Å². The molecule has 2 unspecified atom stereocenters. The minimum Gasteiger partial charge on any atom is -0.329 e. The second-order valence-electron chi connectivity index (χ2n) is 5.72. The fourth-order valence-corrected chi connectivity index (χ4v) is 4.26. The Labute approximate surface area is 129 Å². The van der Waals surface area contributed by atoms with Crippen LogP contribution in [0.4, 0.5) is 4.39 Å². The first-order chi connectivity index (χ1) is 10.1. The normalized spacial score (nSPS) is 20.3. The molecule has 0 saturated heterocycles. The second kappa shape index (κ2) is 5.87. The summed E-state index contributed by atoms with van der Waals surface area (Å²) in [5.74, 6) is -0.152. The van der Waals surface area contributed by atoms with Gasteiger partial charge in [0.25, 0.3) is 0 Å². The molecule has 21 heavy (non-hydrogen) atoms. The van der Waals surface area contributed by atoms with Gasteiger partial charge in [-0.1, -0.05) is 12.1 Å². The largest absolute Gasteiger partial charge is 0.329 e. The van der Waals surface area contributed by atoms with E-state index >= 15 is 0 Å². The molecule has 2 atom stereocenters. The number of benzene rings is 1. The SMILES string of the molecule is Cc1cc(C(CN)N2CCc3sccc3C2C)ccc1F. The minimum atomic E-state index is -0.152. The van der Waals surface area contributed by atoms with Crippen molar-refractivity contribution < 1.29 is 4.39 Å². The van der Waals surface area contributed by atoms with Crippen LogP contribution in [0, 0.1) is 12.7 Å². The Balaban J connectivity index is 1.92. The minimum absolute atomic E-state index is 0.146. The highest BCUT2D eigenvalue weighted by atomic mass is 32.1. The van der Waals surface area contributed by atoms with Crippen LogP contribution >= 0.6 is 11.3 Å². The van der Waals surface area contributed by atoms with E-state index in [4.69, 9.17) is 5.73 Å². The molecule has 0 bridgehead atoms. The van der Waals surface area contributed by atoms with Crippen LogP contribution in [0.3, 0.4) is 0 Å². The molecule has 112 valence electrons. The van der Waals surface area contributed by atoms with Crippen molar-refractivity contribution in [3.05, 3.63) is 57.0 Å². The van der Waals surface area contributed by atoms with Crippen molar-refractivity contribution in [3.8, 4) is 0 Å². The molecule has 2 N–H and O–H groups in total. The predicted octanol–water partition coefficient (Wildman–Crippen LogP) is 3.81. The summed E-state index contributed by atoms with van der Waals surface area (Å²) < 4.78 is 13.5. The number of hydrogen-bond donors (Lipinski definition) is 1. The molecule has 1 aromatic carbocycles. The third-order valence-corrected chi connectivity index (χ3v) is 5.51. The van der Waals surface area contributed by atoms with Gasteiger partial charge in [-0.3, -0.25) is 4.90 Å². The van der Waals surface area contributed by atoms with Crippen LogP contribution in [0.25, 0.3) is 0 Å². The molecular formula is C17H21FN2S. The van der Waals surface area contributed by atoms with Gasteiger partial charge in [-0.05, 0) is 54.5 Å². The van der Waals surface area contributed by atoms with Crippen LogP contribution in [-0.2, 0) is 6.42 Å². The Kier molecular flexibility index (Phi) is 4.11. The lowest BCUT2D eigenvalue weighted by atomic mass is 9.95. The number of fused-ring (bicyclic) bond motifs is 1. The molecule has 0 amide bonds. The maximum absolute atomic E-state index is 13.5. The van der Waals surface area contributed by atoms with E-state index in [-0.39, 0.29) is 11.9 Å². The molecule has 4 heteroatoms. The predicted molar refractivity (Wildman–Crippen MR) is 86.1 cm³/mol. The summed E-state index contributed by atoms with van der Waals surface area (Å²) in [7, 11) is 0. The molecule has 2 heterocycles. The van der Waals surface area contributed by atoms with Gasteiger partial charge in [0.1, 0.15) is 5.82 Å². The van der Waals surface area contributed by atoms with Gasteiger partial charge in [0, 0.05) is 30.1 Å². The maximum Gasteiger partial charge on any atom is 0.126 e. The zero-order valence-corrected chi connectivity index (χ0v) is 13.3. The van der Waals surface area contributed by atoms with Crippen molar-refractivity contribution in [2.75, 3.05) is 13.1 Å². The molecule has 1 aromatic heterocycles. The van der Waals surface area contributed by atoms with E-state index < -0.39 is 0 Å². The highest BCUT2D eigenvalue weighted by Gasteiger charge is 2.30. The van der Waals surface area contributed by atoms with Crippen LogP contribution in [0.2, 0.25) is 0 Å². The summed E-state index contributed by atoms with van der Waals surface area (Å²) >= 11 is 1.84. The van der Waals surface area contributed by atoms with Gasteiger partial charge in [-0.2, -0.15) is 0 Å². The van der Waals surface area contributed by atoms with E-state index in [9.17, 15) is 4.39 Å². The molecule has 0 spiro atoms. The number of nitrogens with zero attached hydrogens (tertiary/aromatic N) is 1. The zero-order valence-electron chi connectivity index (χ0n) is 12.5. The van der Waals surface area contributed by atoms with Crippen molar-refractivity contribution in [2.24, 2.45) is 5.73 Å². The number of thiophene rings is 1. The topological polar surface area (TPSA) is 29.3 Å². The molecule has 1 aliphatic rings. The number of hydrogen-bond acceptors (Lipinski definition) is 3. The van der Waals surface area contributed by atoms with E-state index in [1.807, 2.05) is 30.4 Å². The van der Waals surface area contributed by atoms with Gasteiger partial charge in [-0.25, -0.2) is 4.39 Å². The average molecular weight is 304 g/mol. The summed E-state index contributed by atoms with van der Waals surface area (Å²) in [6.07, 6.45) is 1.08. The lowest BCUT2D eigenvalue weighted by molar-refractivity contribution is 0.138. The van der Waals surface area contributed by atoms with Crippen molar-refractivity contribution in [2.45, 2.75) is 32.4 Å².